The first-order valence-corrected chi connectivity index (χ1v) is 4.11. The quantitative estimate of drug-likeness (QED) is 0.571. The topological polar surface area (TPSA) is 3.24 Å². The molecule has 1 rings (SSSR count). The highest BCUT2D eigenvalue weighted by Gasteiger charge is 2.31. The molecule has 11 heavy (non-hydrogen) atoms. The van der Waals surface area contributed by atoms with Crippen molar-refractivity contribution in [2.75, 3.05) is 13.6 Å². The van der Waals surface area contributed by atoms with Crippen LogP contribution in [0, 0.1) is 5.92 Å². The van der Waals surface area contributed by atoms with Gasteiger partial charge >= 0.3 is 0 Å². The average Bonchev–Trinajstić information content (AvgIpc) is 1.94. The van der Waals surface area contributed by atoms with Crippen molar-refractivity contribution in [3.8, 4) is 0 Å². The average molecular weight is 163 g/mol. The zero-order chi connectivity index (χ0) is 8.43. The maximum absolute atomic E-state index is 12.3. The fourth-order valence-corrected chi connectivity index (χ4v) is 1.68. The molecule has 1 aliphatic heterocycles. The largest absolute Gasteiger partial charge is 0.303 e. The lowest BCUT2D eigenvalue weighted by atomic mass is 9.91. The molecule has 0 aliphatic carbocycles. The first kappa shape index (κ1) is 8.91. The second kappa shape index (κ2) is 3.48. The first-order chi connectivity index (χ1) is 5.13. The van der Waals surface area contributed by atoms with Crippen LogP contribution >= 0.6 is 0 Å². The van der Waals surface area contributed by atoms with Gasteiger partial charge in [0.15, 0.2) is 0 Å². The van der Waals surface area contributed by atoms with Gasteiger partial charge in [-0.1, -0.05) is 0 Å². The molecule has 1 fully saturated rings. The summed E-state index contributed by atoms with van der Waals surface area (Å²) >= 11 is 0. The van der Waals surface area contributed by atoms with Gasteiger partial charge in [0.2, 0.25) is 6.43 Å². The van der Waals surface area contributed by atoms with Gasteiger partial charge in [-0.3, -0.25) is 0 Å². The third kappa shape index (κ3) is 1.89. The van der Waals surface area contributed by atoms with Crippen molar-refractivity contribution in [2.24, 2.45) is 5.92 Å². The zero-order valence-corrected chi connectivity index (χ0v) is 7.06. The molecule has 1 saturated heterocycles. The number of likely N-dealkylation sites (tertiary alicyclic amines) is 1. The van der Waals surface area contributed by atoms with E-state index in [0.29, 0.717) is 6.42 Å². The Hall–Kier alpha value is -0.180. The molecular weight excluding hydrogens is 148 g/mol. The van der Waals surface area contributed by atoms with Gasteiger partial charge in [0.1, 0.15) is 0 Å². The van der Waals surface area contributed by atoms with E-state index in [4.69, 9.17) is 0 Å². The normalized spacial score (nSPS) is 34.6. The standard InChI is InChI=1S/C8H15F2N/c1-6-7(8(9)10)4-3-5-11(6)2/h6-8H,3-5H2,1-2H3. The van der Waals surface area contributed by atoms with Crippen LogP contribution in [0.15, 0.2) is 0 Å². The van der Waals surface area contributed by atoms with Crippen molar-refractivity contribution in [1.29, 1.82) is 0 Å². The summed E-state index contributed by atoms with van der Waals surface area (Å²) in [5.41, 5.74) is 0. The minimum atomic E-state index is -2.15. The summed E-state index contributed by atoms with van der Waals surface area (Å²) < 4.78 is 24.6. The number of hydrogen-bond donors (Lipinski definition) is 0. The molecule has 1 heterocycles. The van der Waals surface area contributed by atoms with Crippen LogP contribution in [0.3, 0.4) is 0 Å². The molecule has 2 atom stereocenters. The first-order valence-electron chi connectivity index (χ1n) is 4.11. The molecule has 0 aromatic carbocycles. The minimum absolute atomic E-state index is 0.0451. The van der Waals surface area contributed by atoms with Crippen LogP contribution < -0.4 is 0 Å². The van der Waals surface area contributed by atoms with Gasteiger partial charge in [0.25, 0.3) is 0 Å². The van der Waals surface area contributed by atoms with Crippen molar-refractivity contribution in [2.45, 2.75) is 32.2 Å². The Morgan fingerprint density at radius 2 is 2.09 bits per heavy atom. The molecule has 0 aromatic heterocycles. The van der Waals surface area contributed by atoms with E-state index in [1.165, 1.54) is 0 Å². The third-order valence-electron chi connectivity index (χ3n) is 2.69. The number of halogens is 2. The summed E-state index contributed by atoms with van der Waals surface area (Å²) in [6.45, 7) is 2.85. The Morgan fingerprint density at radius 1 is 1.45 bits per heavy atom. The fraction of sp³-hybridized carbons (Fsp3) is 1.00. The molecule has 0 bridgehead atoms. The minimum Gasteiger partial charge on any atom is -0.303 e. The van der Waals surface area contributed by atoms with E-state index in [9.17, 15) is 8.78 Å². The van der Waals surface area contributed by atoms with Crippen LogP contribution in [0.1, 0.15) is 19.8 Å². The van der Waals surface area contributed by atoms with E-state index in [1.807, 2.05) is 18.9 Å². The molecule has 1 nitrogen and oxygen atoms in total. The van der Waals surface area contributed by atoms with Gasteiger partial charge < -0.3 is 4.90 Å². The van der Waals surface area contributed by atoms with Crippen LogP contribution in [-0.2, 0) is 0 Å². The van der Waals surface area contributed by atoms with Gasteiger partial charge in [-0.2, -0.15) is 0 Å². The second-order valence-corrected chi connectivity index (χ2v) is 3.36. The van der Waals surface area contributed by atoms with Crippen molar-refractivity contribution >= 4 is 0 Å². The van der Waals surface area contributed by atoms with E-state index in [0.717, 1.165) is 13.0 Å². The highest BCUT2D eigenvalue weighted by molar-refractivity contribution is 4.80. The van der Waals surface area contributed by atoms with Crippen molar-refractivity contribution in [3.63, 3.8) is 0 Å². The van der Waals surface area contributed by atoms with E-state index in [-0.39, 0.29) is 6.04 Å². The molecule has 0 aromatic rings. The van der Waals surface area contributed by atoms with Gasteiger partial charge in [-0.15, -0.1) is 0 Å². The second-order valence-electron chi connectivity index (χ2n) is 3.36. The molecule has 0 radical (unpaired) electrons. The lowest BCUT2D eigenvalue weighted by molar-refractivity contribution is 0.00152. The fourth-order valence-electron chi connectivity index (χ4n) is 1.68. The molecule has 0 N–H and O–H groups in total. The van der Waals surface area contributed by atoms with Crippen molar-refractivity contribution in [3.05, 3.63) is 0 Å². The van der Waals surface area contributed by atoms with Crippen LogP contribution in [-0.4, -0.2) is 31.0 Å². The Bertz CT molecular complexity index is 127. The Balaban J connectivity index is 2.51. The number of rotatable bonds is 1. The van der Waals surface area contributed by atoms with Crippen molar-refractivity contribution < 1.29 is 8.78 Å². The number of hydrogen-bond acceptors (Lipinski definition) is 1. The molecule has 0 amide bonds. The zero-order valence-electron chi connectivity index (χ0n) is 7.06. The maximum Gasteiger partial charge on any atom is 0.242 e. The smallest absolute Gasteiger partial charge is 0.242 e. The molecule has 1 aliphatic rings. The number of alkyl halides is 2. The molecule has 2 unspecified atom stereocenters. The lowest BCUT2D eigenvalue weighted by Crippen LogP contribution is -2.43. The van der Waals surface area contributed by atoms with Crippen LogP contribution in [0.25, 0.3) is 0 Å². The molecule has 66 valence electrons. The SMILES string of the molecule is CC1C(C(F)F)CCCN1C. The molecule has 0 saturated carbocycles. The highest BCUT2D eigenvalue weighted by atomic mass is 19.3. The molecule has 0 spiro atoms. The van der Waals surface area contributed by atoms with Gasteiger partial charge in [-0.05, 0) is 33.4 Å². The Morgan fingerprint density at radius 3 is 2.55 bits per heavy atom. The van der Waals surface area contributed by atoms with E-state index in [2.05, 4.69) is 0 Å². The molecule has 3 heteroatoms. The summed E-state index contributed by atoms with van der Waals surface area (Å²) in [5, 5.41) is 0. The van der Waals surface area contributed by atoms with Crippen LogP contribution in [0.5, 0.6) is 0 Å². The summed E-state index contributed by atoms with van der Waals surface area (Å²) in [6, 6.07) is 0.0451. The van der Waals surface area contributed by atoms with Crippen LogP contribution in [0.2, 0.25) is 0 Å². The van der Waals surface area contributed by atoms with Gasteiger partial charge in [0, 0.05) is 12.0 Å². The summed E-state index contributed by atoms with van der Waals surface area (Å²) in [7, 11) is 1.92. The summed E-state index contributed by atoms with van der Waals surface area (Å²) in [4.78, 5) is 2.01. The van der Waals surface area contributed by atoms with E-state index < -0.39 is 12.3 Å². The predicted octanol–water partition coefficient (Wildman–Crippen LogP) is 1.98. The number of piperidine rings is 1. The Labute approximate surface area is 66.4 Å². The van der Waals surface area contributed by atoms with E-state index in [1.54, 1.807) is 0 Å². The monoisotopic (exact) mass is 163 g/mol. The van der Waals surface area contributed by atoms with Gasteiger partial charge in [-0.25, -0.2) is 8.78 Å². The maximum atomic E-state index is 12.3. The summed E-state index contributed by atoms with van der Waals surface area (Å²) in [6.07, 6.45) is -0.549. The number of nitrogens with zero attached hydrogens (tertiary/aromatic N) is 1. The van der Waals surface area contributed by atoms with Gasteiger partial charge in [0.05, 0.1) is 0 Å². The Kier molecular flexibility index (Phi) is 2.82. The summed E-state index contributed by atoms with van der Waals surface area (Å²) in [5.74, 6) is -0.409. The predicted molar refractivity (Wildman–Crippen MR) is 40.8 cm³/mol. The van der Waals surface area contributed by atoms with E-state index >= 15 is 0 Å². The van der Waals surface area contributed by atoms with Crippen LogP contribution in [0.4, 0.5) is 8.78 Å². The lowest BCUT2D eigenvalue weighted by Gasteiger charge is -2.36. The third-order valence-corrected chi connectivity index (χ3v) is 2.69. The van der Waals surface area contributed by atoms with Crippen molar-refractivity contribution in [1.82, 2.24) is 4.90 Å². The highest BCUT2D eigenvalue weighted by Crippen LogP contribution is 2.27. The molecular formula is C8H15F2N.